The summed E-state index contributed by atoms with van der Waals surface area (Å²) in [6.07, 6.45) is 7.48. The maximum atomic E-state index is 3.26. The van der Waals surface area contributed by atoms with Gasteiger partial charge in [-0.1, -0.05) is 30.4 Å². The number of benzene rings is 1. The number of H-pyrrole nitrogens is 1. The van der Waals surface area contributed by atoms with Gasteiger partial charge in [-0.3, -0.25) is 0 Å². The highest BCUT2D eigenvalue weighted by Gasteiger charge is 2.08. The minimum atomic E-state index is -0.251. The van der Waals surface area contributed by atoms with Gasteiger partial charge in [-0.2, -0.15) is 10.9 Å². The lowest BCUT2D eigenvalue weighted by Gasteiger charge is -2.06. The normalized spacial score (nSPS) is 17.0. The largest absolute Gasteiger partial charge is 0.352 e. The van der Waals surface area contributed by atoms with Crippen LogP contribution in [0.4, 0.5) is 0 Å². The third kappa shape index (κ3) is 1.11. The van der Waals surface area contributed by atoms with Crippen molar-refractivity contribution < 1.29 is 0 Å². The van der Waals surface area contributed by atoms with E-state index in [1.54, 1.807) is 0 Å². The molecule has 2 heterocycles. The van der Waals surface area contributed by atoms with Crippen molar-refractivity contribution in [2.75, 3.05) is 0 Å². The van der Waals surface area contributed by atoms with Gasteiger partial charge >= 0.3 is 0 Å². The van der Waals surface area contributed by atoms with Crippen LogP contribution in [0.2, 0.25) is 0 Å². The highest BCUT2D eigenvalue weighted by atomic mass is 32.2. The number of fused-ring (bicyclic) bond motifs is 1. The first-order valence-electron chi connectivity index (χ1n) is 4.57. The zero-order valence-corrected chi connectivity index (χ0v) is 8.46. The lowest BCUT2D eigenvalue weighted by molar-refractivity contribution is 1.39. The molecule has 0 bridgehead atoms. The number of allylic oxidation sites excluding steroid dienone is 2. The molecular weight excluding hydrogens is 190 g/mol. The number of aromatic amines is 1. The van der Waals surface area contributed by atoms with Gasteiger partial charge in [0.05, 0.1) is 6.20 Å². The molecule has 1 aliphatic heterocycles. The molecule has 1 aromatic carbocycles. The van der Waals surface area contributed by atoms with Gasteiger partial charge < -0.3 is 4.98 Å². The van der Waals surface area contributed by atoms with Crippen LogP contribution >= 0.6 is 10.9 Å². The van der Waals surface area contributed by atoms with Gasteiger partial charge in [-0.15, -0.1) is 0 Å². The summed E-state index contributed by atoms with van der Waals surface area (Å²) in [6.45, 7) is 0. The van der Waals surface area contributed by atoms with E-state index in [-0.39, 0.29) is 10.9 Å². The fraction of sp³-hybridized carbons (Fsp3) is 0. The molecule has 1 aliphatic rings. The molecule has 69 valence electrons. The van der Waals surface area contributed by atoms with Crippen molar-refractivity contribution in [3.63, 3.8) is 0 Å². The van der Waals surface area contributed by atoms with Crippen molar-refractivity contribution in [2.45, 2.75) is 4.90 Å². The zero-order chi connectivity index (χ0) is 9.38. The van der Waals surface area contributed by atoms with E-state index < -0.39 is 0 Å². The number of nitrogens with one attached hydrogen (secondary N) is 1. The molecule has 1 N–H and O–H groups in total. The van der Waals surface area contributed by atoms with Crippen LogP contribution in [-0.2, 0) is 0 Å². The summed E-state index contributed by atoms with van der Waals surface area (Å²) >= 11 is 0. The highest BCUT2D eigenvalue weighted by Crippen LogP contribution is 2.44. The van der Waals surface area contributed by atoms with Crippen molar-refractivity contribution in [3.05, 3.63) is 53.4 Å². The minimum Gasteiger partial charge on any atom is -0.352 e. The average Bonchev–Trinajstić information content (AvgIpc) is 2.85. The molecule has 3 rings (SSSR count). The number of aromatic nitrogens is 1. The third-order valence-electron chi connectivity index (χ3n) is 2.36. The second kappa shape index (κ2) is 3.07. The maximum Gasteiger partial charge on any atom is 0.0768 e. The van der Waals surface area contributed by atoms with E-state index in [0.717, 1.165) is 0 Å². The fourth-order valence-electron chi connectivity index (χ4n) is 1.68. The van der Waals surface area contributed by atoms with Gasteiger partial charge in [-0.25, -0.2) is 0 Å². The van der Waals surface area contributed by atoms with Crippen LogP contribution < -0.4 is 0 Å². The van der Waals surface area contributed by atoms with E-state index in [0.29, 0.717) is 0 Å². The molecule has 0 atom stereocenters. The lowest BCUT2D eigenvalue weighted by atomic mass is 10.2. The molecule has 0 saturated heterocycles. The van der Waals surface area contributed by atoms with Gasteiger partial charge in [0.2, 0.25) is 0 Å². The van der Waals surface area contributed by atoms with Gasteiger partial charge in [0.15, 0.2) is 0 Å². The fourth-order valence-corrected chi connectivity index (χ4v) is 3.31. The van der Waals surface area contributed by atoms with Gasteiger partial charge in [0.1, 0.15) is 0 Å². The van der Waals surface area contributed by atoms with E-state index in [1.165, 1.54) is 15.8 Å². The van der Waals surface area contributed by atoms with Crippen LogP contribution in [0.1, 0.15) is 0 Å². The molecular formula is C12H10NS. The topological polar surface area (TPSA) is 15.8 Å². The Labute approximate surface area is 85.5 Å². The van der Waals surface area contributed by atoms with Gasteiger partial charge in [0.25, 0.3) is 0 Å². The first kappa shape index (κ1) is 7.94. The van der Waals surface area contributed by atoms with E-state index in [9.17, 15) is 0 Å². The molecule has 1 nitrogen and oxygen atoms in total. The Balaban J connectivity index is 2.21. The van der Waals surface area contributed by atoms with Gasteiger partial charge in [-0.05, 0) is 16.9 Å². The van der Waals surface area contributed by atoms with Crippen LogP contribution in [-0.4, -0.2) is 4.98 Å². The van der Waals surface area contributed by atoms with E-state index >= 15 is 0 Å². The van der Waals surface area contributed by atoms with Crippen LogP contribution in [0.25, 0.3) is 10.9 Å². The van der Waals surface area contributed by atoms with Crippen LogP contribution in [0, 0.1) is 6.20 Å². The first-order valence-corrected chi connectivity index (χ1v) is 6.05. The first-order chi connectivity index (χ1) is 6.95. The summed E-state index contributed by atoms with van der Waals surface area (Å²) in [5.74, 6) is 0. The third-order valence-corrected chi connectivity index (χ3v) is 4.22. The lowest BCUT2D eigenvalue weighted by Crippen LogP contribution is -1.70. The zero-order valence-electron chi connectivity index (χ0n) is 7.57. The van der Waals surface area contributed by atoms with Crippen molar-refractivity contribution in [1.29, 1.82) is 0 Å². The minimum absolute atomic E-state index is 0.251. The predicted octanol–water partition coefficient (Wildman–Crippen LogP) is 3.37. The SMILES string of the molecule is [c]1[nH]c2ccccc2c1[SH]1C=CC=C1. The summed E-state index contributed by atoms with van der Waals surface area (Å²) in [5, 5.41) is 5.80. The van der Waals surface area contributed by atoms with E-state index in [4.69, 9.17) is 0 Å². The molecule has 1 radical (unpaired) electrons. The van der Waals surface area contributed by atoms with Gasteiger partial charge in [0, 0.05) is 15.8 Å². The van der Waals surface area contributed by atoms with E-state index in [1.807, 2.05) is 6.07 Å². The molecule has 0 unspecified atom stereocenters. The second-order valence-corrected chi connectivity index (χ2v) is 5.09. The summed E-state index contributed by atoms with van der Waals surface area (Å²) < 4.78 is 0. The molecule has 0 aliphatic carbocycles. The molecule has 2 heteroatoms. The van der Waals surface area contributed by atoms with Crippen molar-refractivity contribution in [2.24, 2.45) is 0 Å². The maximum absolute atomic E-state index is 3.26. The number of para-hydroxylation sites is 1. The Hall–Kier alpha value is -1.41. The smallest absolute Gasteiger partial charge is 0.0768 e. The molecule has 0 spiro atoms. The molecule has 1 aromatic heterocycles. The molecule has 0 fully saturated rings. The molecule has 14 heavy (non-hydrogen) atoms. The van der Waals surface area contributed by atoms with Crippen LogP contribution in [0.15, 0.2) is 52.1 Å². The Morgan fingerprint density at radius 3 is 2.71 bits per heavy atom. The molecule has 0 saturated carbocycles. The molecule has 0 amide bonds. The number of thiol groups is 1. The predicted molar refractivity (Wildman–Crippen MR) is 62.7 cm³/mol. The summed E-state index contributed by atoms with van der Waals surface area (Å²) in [6, 6.07) is 8.37. The average molecular weight is 200 g/mol. The highest BCUT2D eigenvalue weighted by molar-refractivity contribution is 8.22. The van der Waals surface area contributed by atoms with Crippen LogP contribution in [0.3, 0.4) is 0 Å². The van der Waals surface area contributed by atoms with Crippen molar-refractivity contribution in [3.8, 4) is 0 Å². The van der Waals surface area contributed by atoms with Crippen molar-refractivity contribution in [1.82, 2.24) is 4.98 Å². The van der Waals surface area contributed by atoms with E-state index in [2.05, 4.69) is 52.3 Å². The Morgan fingerprint density at radius 2 is 1.86 bits per heavy atom. The number of hydrogen-bond acceptors (Lipinski definition) is 0. The summed E-state index contributed by atoms with van der Waals surface area (Å²) in [5.41, 5.74) is 1.18. The summed E-state index contributed by atoms with van der Waals surface area (Å²) in [7, 11) is -0.251. The monoisotopic (exact) mass is 200 g/mol. The number of rotatable bonds is 1. The second-order valence-electron chi connectivity index (χ2n) is 3.23. The Bertz CT molecular complexity index is 510. The standard InChI is InChI=1S/C12H10NS/c1-2-6-11-10(5-1)12(9-13-11)14-7-3-4-8-14/h1-8,13-14H. The quantitative estimate of drug-likeness (QED) is 0.656. The number of hydrogen-bond donors (Lipinski definition) is 2. The molecule has 2 aromatic rings. The van der Waals surface area contributed by atoms with Crippen LogP contribution in [0.5, 0.6) is 0 Å². The van der Waals surface area contributed by atoms with Crippen molar-refractivity contribution >= 4 is 21.8 Å². The Kier molecular flexibility index (Phi) is 1.74. The Morgan fingerprint density at radius 1 is 1.07 bits per heavy atom. The summed E-state index contributed by atoms with van der Waals surface area (Å²) in [4.78, 5) is 4.49.